The van der Waals surface area contributed by atoms with Crippen LogP contribution >= 0.6 is 0 Å². The number of nitrogens with two attached hydrogens (primary N) is 1. The Morgan fingerprint density at radius 2 is 1.84 bits per heavy atom. The highest BCUT2D eigenvalue weighted by Gasteiger charge is 2.25. The average molecular weight is 437 g/mol. The number of benzene rings is 3. The molecule has 3 N–H and O–H groups in total. The van der Waals surface area contributed by atoms with Crippen molar-refractivity contribution in [3.63, 3.8) is 0 Å². The highest BCUT2D eigenvalue weighted by Crippen LogP contribution is 2.38. The molecule has 1 unspecified atom stereocenters. The highest BCUT2D eigenvalue weighted by atomic mass is 32.2. The standard InChI is InChI=1S/C22H19N3O5S/c23-31(27,28)16-7-9-19-20(11-16)29-13-21(30-19)15-6-8-18-17(10-15)22(26)24-25(18)12-14-4-2-1-3-5-14/h1-11,21H,12-13H2,(H,24,26)(H2,23,27,28). The molecule has 1 aliphatic rings. The third-order valence-corrected chi connectivity index (χ3v) is 6.16. The smallest absolute Gasteiger partial charge is 0.271 e. The van der Waals surface area contributed by atoms with Gasteiger partial charge in [0.15, 0.2) is 17.6 Å². The number of aromatic nitrogens is 2. The number of sulfonamides is 1. The second-order valence-corrected chi connectivity index (χ2v) is 8.92. The maximum atomic E-state index is 12.5. The van der Waals surface area contributed by atoms with Crippen LogP contribution in [0, 0.1) is 0 Å². The van der Waals surface area contributed by atoms with Crippen LogP contribution in [0.5, 0.6) is 11.5 Å². The van der Waals surface area contributed by atoms with Crippen LogP contribution in [0.1, 0.15) is 17.2 Å². The Balaban J connectivity index is 1.44. The van der Waals surface area contributed by atoms with Crippen LogP contribution < -0.4 is 20.2 Å². The first-order valence-electron chi connectivity index (χ1n) is 9.61. The summed E-state index contributed by atoms with van der Waals surface area (Å²) < 4.78 is 36.6. The van der Waals surface area contributed by atoms with E-state index >= 15 is 0 Å². The van der Waals surface area contributed by atoms with E-state index in [2.05, 4.69) is 5.10 Å². The molecular weight excluding hydrogens is 418 g/mol. The number of primary sulfonamides is 1. The Bertz CT molecular complexity index is 1440. The van der Waals surface area contributed by atoms with Crippen molar-refractivity contribution in [3.8, 4) is 11.5 Å². The van der Waals surface area contributed by atoms with E-state index in [9.17, 15) is 13.2 Å². The van der Waals surface area contributed by atoms with Crippen molar-refractivity contribution in [1.82, 2.24) is 9.78 Å². The number of rotatable bonds is 4. The number of hydrogen-bond acceptors (Lipinski definition) is 5. The molecule has 9 heteroatoms. The first-order valence-corrected chi connectivity index (χ1v) is 11.2. The number of nitrogens with zero attached hydrogens (tertiary/aromatic N) is 1. The van der Waals surface area contributed by atoms with Gasteiger partial charge >= 0.3 is 0 Å². The van der Waals surface area contributed by atoms with Crippen LogP contribution in [-0.4, -0.2) is 24.8 Å². The SMILES string of the molecule is NS(=O)(=O)c1ccc2c(c1)OCC(c1ccc3c(c1)c(=O)[nH]n3Cc1ccccc1)O2. The van der Waals surface area contributed by atoms with Gasteiger partial charge < -0.3 is 9.47 Å². The number of hydrogen-bond donors (Lipinski definition) is 2. The zero-order valence-electron chi connectivity index (χ0n) is 16.3. The minimum atomic E-state index is -3.83. The van der Waals surface area contributed by atoms with Crippen molar-refractivity contribution in [1.29, 1.82) is 0 Å². The quantitative estimate of drug-likeness (QED) is 0.509. The molecular formula is C22H19N3O5S. The molecule has 0 bridgehead atoms. The minimum Gasteiger partial charge on any atom is -0.485 e. The minimum absolute atomic E-state index is 0.0407. The third-order valence-electron chi connectivity index (χ3n) is 5.25. The molecule has 4 aromatic rings. The van der Waals surface area contributed by atoms with E-state index in [4.69, 9.17) is 14.6 Å². The van der Waals surface area contributed by atoms with Crippen molar-refractivity contribution in [2.24, 2.45) is 5.14 Å². The van der Waals surface area contributed by atoms with Crippen LogP contribution in [0.4, 0.5) is 0 Å². The predicted molar refractivity (Wildman–Crippen MR) is 115 cm³/mol. The summed E-state index contributed by atoms with van der Waals surface area (Å²) in [7, 11) is -3.83. The lowest BCUT2D eigenvalue weighted by Gasteiger charge is -2.27. The summed E-state index contributed by atoms with van der Waals surface area (Å²) in [5, 5.41) is 8.62. The van der Waals surface area contributed by atoms with E-state index in [1.807, 2.05) is 47.1 Å². The number of nitrogens with one attached hydrogen (secondary N) is 1. The summed E-state index contributed by atoms with van der Waals surface area (Å²) in [6.07, 6.45) is -0.436. The molecule has 2 heterocycles. The summed E-state index contributed by atoms with van der Waals surface area (Å²) in [6, 6.07) is 19.7. The van der Waals surface area contributed by atoms with Gasteiger partial charge in [-0.05, 0) is 35.4 Å². The van der Waals surface area contributed by atoms with Gasteiger partial charge in [0.25, 0.3) is 5.56 Å². The van der Waals surface area contributed by atoms with Crippen molar-refractivity contribution < 1.29 is 17.9 Å². The van der Waals surface area contributed by atoms with Crippen molar-refractivity contribution in [3.05, 3.63) is 88.2 Å². The lowest BCUT2D eigenvalue weighted by molar-refractivity contribution is 0.0910. The first-order chi connectivity index (χ1) is 14.9. The fourth-order valence-electron chi connectivity index (χ4n) is 3.70. The Hall–Kier alpha value is -3.56. The number of H-pyrrole nitrogens is 1. The van der Waals surface area contributed by atoms with E-state index in [0.717, 1.165) is 16.6 Å². The van der Waals surface area contributed by atoms with Crippen LogP contribution in [-0.2, 0) is 16.6 Å². The number of aromatic amines is 1. The molecule has 0 aliphatic carbocycles. The van der Waals surface area contributed by atoms with Crippen LogP contribution in [0.3, 0.4) is 0 Å². The summed E-state index contributed by atoms with van der Waals surface area (Å²) in [4.78, 5) is 12.5. The molecule has 1 aliphatic heterocycles. The van der Waals surface area contributed by atoms with E-state index in [-0.39, 0.29) is 17.1 Å². The fraction of sp³-hybridized carbons (Fsp3) is 0.136. The van der Waals surface area contributed by atoms with Gasteiger partial charge in [-0.3, -0.25) is 14.6 Å². The zero-order chi connectivity index (χ0) is 21.6. The molecule has 0 spiro atoms. The lowest BCUT2D eigenvalue weighted by Crippen LogP contribution is -2.22. The largest absolute Gasteiger partial charge is 0.485 e. The second-order valence-electron chi connectivity index (χ2n) is 7.36. The predicted octanol–water partition coefficient (Wildman–Crippen LogP) is 2.54. The molecule has 5 rings (SSSR count). The van der Waals surface area contributed by atoms with Crippen molar-refractivity contribution >= 4 is 20.9 Å². The Labute approximate surface area is 177 Å². The van der Waals surface area contributed by atoms with E-state index in [1.54, 1.807) is 6.07 Å². The van der Waals surface area contributed by atoms with E-state index < -0.39 is 16.1 Å². The Kier molecular flexibility index (Phi) is 4.57. The molecule has 0 saturated carbocycles. The topological polar surface area (TPSA) is 116 Å². The van der Waals surface area contributed by atoms with E-state index in [0.29, 0.717) is 23.4 Å². The van der Waals surface area contributed by atoms with Crippen molar-refractivity contribution in [2.75, 3.05) is 6.61 Å². The number of ether oxygens (including phenoxy) is 2. The van der Waals surface area contributed by atoms with Gasteiger partial charge in [0.1, 0.15) is 6.61 Å². The Morgan fingerprint density at radius 3 is 2.61 bits per heavy atom. The maximum absolute atomic E-state index is 12.5. The van der Waals surface area contributed by atoms with Crippen LogP contribution in [0.25, 0.3) is 10.9 Å². The molecule has 158 valence electrons. The molecule has 8 nitrogen and oxygen atoms in total. The fourth-order valence-corrected chi connectivity index (χ4v) is 4.23. The summed E-state index contributed by atoms with van der Waals surface area (Å²) >= 11 is 0. The van der Waals surface area contributed by atoms with E-state index in [1.165, 1.54) is 18.2 Å². The third kappa shape index (κ3) is 3.69. The molecule has 1 atom stereocenters. The van der Waals surface area contributed by atoms with Gasteiger partial charge in [0.05, 0.1) is 22.3 Å². The van der Waals surface area contributed by atoms with Crippen LogP contribution in [0.2, 0.25) is 0 Å². The molecule has 0 amide bonds. The van der Waals surface area contributed by atoms with Gasteiger partial charge in [-0.2, -0.15) is 0 Å². The lowest BCUT2D eigenvalue weighted by atomic mass is 10.1. The first kappa shape index (κ1) is 19.4. The molecule has 1 aromatic heterocycles. The molecule has 0 radical (unpaired) electrons. The normalized spacial score (nSPS) is 15.8. The Morgan fingerprint density at radius 1 is 1.03 bits per heavy atom. The molecule has 3 aromatic carbocycles. The monoisotopic (exact) mass is 437 g/mol. The average Bonchev–Trinajstić information content (AvgIpc) is 3.07. The highest BCUT2D eigenvalue weighted by molar-refractivity contribution is 7.89. The van der Waals surface area contributed by atoms with Gasteiger partial charge in [-0.25, -0.2) is 13.6 Å². The molecule has 0 fully saturated rings. The maximum Gasteiger partial charge on any atom is 0.271 e. The van der Waals surface area contributed by atoms with Gasteiger partial charge in [-0.15, -0.1) is 0 Å². The summed E-state index contributed by atoms with van der Waals surface area (Å²) in [5.74, 6) is 0.731. The van der Waals surface area contributed by atoms with Crippen LogP contribution in [0.15, 0.2) is 76.4 Å². The molecule has 31 heavy (non-hydrogen) atoms. The molecule has 0 saturated heterocycles. The zero-order valence-corrected chi connectivity index (χ0v) is 17.1. The number of fused-ring (bicyclic) bond motifs is 2. The summed E-state index contributed by atoms with van der Waals surface area (Å²) in [6.45, 7) is 0.733. The van der Waals surface area contributed by atoms with Crippen molar-refractivity contribution in [2.45, 2.75) is 17.5 Å². The van der Waals surface area contributed by atoms with Gasteiger partial charge in [-0.1, -0.05) is 36.4 Å². The summed E-state index contributed by atoms with van der Waals surface area (Å²) in [5.41, 5.74) is 2.49. The second kappa shape index (κ2) is 7.29. The van der Waals surface area contributed by atoms with Gasteiger partial charge in [0, 0.05) is 6.07 Å². The van der Waals surface area contributed by atoms with Gasteiger partial charge in [0.2, 0.25) is 10.0 Å².